The van der Waals surface area contributed by atoms with Crippen molar-refractivity contribution in [2.75, 3.05) is 5.32 Å². The van der Waals surface area contributed by atoms with E-state index in [1.807, 2.05) is 25.1 Å². The number of halogens is 3. The summed E-state index contributed by atoms with van der Waals surface area (Å²) in [5.74, 6) is 0.169. The van der Waals surface area contributed by atoms with E-state index in [4.69, 9.17) is 0 Å². The summed E-state index contributed by atoms with van der Waals surface area (Å²) in [4.78, 5) is 0. The van der Waals surface area contributed by atoms with E-state index in [9.17, 15) is 8.78 Å². The molecule has 2 aromatic carbocycles. The first-order chi connectivity index (χ1) is 9.52. The minimum absolute atomic E-state index is 0.169. The molecule has 0 fully saturated rings. The lowest BCUT2D eigenvalue weighted by Gasteiger charge is -2.09. The molecule has 0 spiro atoms. The Morgan fingerprint density at radius 1 is 1.15 bits per heavy atom. The third-order valence-corrected chi connectivity index (χ3v) is 3.15. The molecular formula is C15H14BrF2NO. The van der Waals surface area contributed by atoms with Crippen LogP contribution in [-0.4, -0.2) is 6.61 Å². The molecule has 20 heavy (non-hydrogen) atoms. The van der Waals surface area contributed by atoms with Gasteiger partial charge in [0.25, 0.3) is 0 Å². The van der Waals surface area contributed by atoms with Crippen LogP contribution >= 0.6 is 15.9 Å². The molecule has 2 aromatic rings. The lowest BCUT2D eigenvalue weighted by Crippen LogP contribution is -2.03. The van der Waals surface area contributed by atoms with Crippen molar-refractivity contribution < 1.29 is 13.5 Å². The summed E-state index contributed by atoms with van der Waals surface area (Å²) in [6.07, 6.45) is 0. The molecule has 2 rings (SSSR count). The summed E-state index contributed by atoms with van der Waals surface area (Å²) < 4.78 is 29.4. The van der Waals surface area contributed by atoms with Gasteiger partial charge in [-0.15, -0.1) is 0 Å². The molecule has 0 bridgehead atoms. The molecule has 106 valence electrons. The fourth-order valence-corrected chi connectivity index (χ4v) is 2.44. The van der Waals surface area contributed by atoms with Gasteiger partial charge >= 0.3 is 6.61 Å². The highest BCUT2D eigenvalue weighted by Gasteiger charge is 2.03. The van der Waals surface area contributed by atoms with E-state index in [1.165, 1.54) is 12.1 Å². The van der Waals surface area contributed by atoms with E-state index in [0.717, 1.165) is 21.3 Å². The van der Waals surface area contributed by atoms with Crippen LogP contribution in [0.3, 0.4) is 0 Å². The second-order valence-corrected chi connectivity index (χ2v) is 5.31. The Morgan fingerprint density at radius 3 is 2.45 bits per heavy atom. The second-order valence-electron chi connectivity index (χ2n) is 4.39. The summed E-state index contributed by atoms with van der Waals surface area (Å²) in [5, 5.41) is 3.28. The van der Waals surface area contributed by atoms with Crippen LogP contribution in [0.2, 0.25) is 0 Å². The largest absolute Gasteiger partial charge is 0.435 e. The fraction of sp³-hybridized carbons (Fsp3) is 0.200. The Kier molecular flexibility index (Phi) is 4.95. The molecule has 0 heterocycles. The van der Waals surface area contributed by atoms with Crippen LogP contribution in [0.25, 0.3) is 0 Å². The van der Waals surface area contributed by atoms with Gasteiger partial charge in [0.2, 0.25) is 0 Å². The molecule has 0 aliphatic carbocycles. The first-order valence-electron chi connectivity index (χ1n) is 6.08. The average Bonchev–Trinajstić information content (AvgIpc) is 2.36. The number of ether oxygens (including phenoxy) is 1. The molecule has 1 N–H and O–H groups in total. The fourth-order valence-electron chi connectivity index (χ4n) is 1.83. The number of aryl methyl sites for hydroxylation is 1. The van der Waals surface area contributed by atoms with Crippen LogP contribution in [0.1, 0.15) is 11.1 Å². The van der Waals surface area contributed by atoms with Gasteiger partial charge in [-0.3, -0.25) is 0 Å². The van der Waals surface area contributed by atoms with Crippen LogP contribution in [0, 0.1) is 6.92 Å². The predicted molar refractivity (Wildman–Crippen MR) is 79.3 cm³/mol. The monoisotopic (exact) mass is 341 g/mol. The minimum atomic E-state index is -2.79. The average molecular weight is 342 g/mol. The van der Waals surface area contributed by atoms with Crippen molar-refractivity contribution in [2.45, 2.75) is 20.1 Å². The van der Waals surface area contributed by atoms with Crippen LogP contribution in [0.4, 0.5) is 14.5 Å². The molecule has 5 heteroatoms. The lowest BCUT2D eigenvalue weighted by molar-refractivity contribution is -0.0498. The van der Waals surface area contributed by atoms with Crippen molar-refractivity contribution >= 4 is 21.6 Å². The van der Waals surface area contributed by atoms with Crippen molar-refractivity contribution in [3.8, 4) is 5.75 Å². The molecule has 0 amide bonds. The molecule has 0 radical (unpaired) electrons. The summed E-state index contributed by atoms with van der Waals surface area (Å²) in [5.41, 5.74) is 3.15. The van der Waals surface area contributed by atoms with Gasteiger partial charge in [-0.25, -0.2) is 0 Å². The van der Waals surface area contributed by atoms with Gasteiger partial charge < -0.3 is 10.1 Å². The molecule has 0 saturated heterocycles. The molecule has 0 atom stereocenters. The lowest BCUT2D eigenvalue weighted by atomic mass is 10.2. The Labute approximate surface area is 124 Å². The molecule has 0 aliphatic heterocycles. The maximum Gasteiger partial charge on any atom is 0.387 e. The highest BCUT2D eigenvalue weighted by molar-refractivity contribution is 9.10. The molecule has 2 nitrogen and oxygen atoms in total. The van der Waals surface area contributed by atoms with E-state index < -0.39 is 6.61 Å². The van der Waals surface area contributed by atoms with Gasteiger partial charge in [0.05, 0.1) is 0 Å². The normalized spacial score (nSPS) is 10.7. The maximum atomic E-state index is 12.0. The van der Waals surface area contributed by atoms with Crippen LogP contribution in [0.5, 0.6) is 5.75 Å². The topological polar surface area (TPSA) is 21.3 Å². The molecule has 0 unspecified atom stereocenters. The summed E-state index contributed by atoms with van der Waals surface area (Å²) in [7, 11) is 0. The number of hydrogen-bond donors (Lipinski definition) is 1. The smallest absolute Gasteiger partial charge is 0.387 e. The standard InChI is InChI=1S/C15H14BrF2NO/c1-10-6-12(16)8-13(7-10)19-9-11-2-4-14(5-3-11)20-15(17)18/h2-8,15,19H,9H2,1H3. The Bertz CT molecular complexity index is 552. The van der Waals surface area contributed by atoms with Crippen molar-refractivity contribution in [2.24, 2.45) is 0 Å². The van der Waals surface area contributed by atoms with E-state index in [2.05, 4.69) is 26.0 Å². The zero-order valence-corrected chi connectivity index (χ0v) is 12.5. The van der Waals surface area contributed by atoms with Crippen molar-refractivity contribution in [3.63, 3.8) is 0 Å². The number of benzene rings is 2. The van der Waals surface area contributed by atoms with Gasteiger partial charge in [0.1, 0.15) is 5.75 Å². The number of rotatable bonds is 5. The van der Waals surface area contributed by atoms with E-state index in [0.29, 0.717) is 6.54 Å². The van der Waals surface area contributed by atoms with Crippen molar-refractivity contribution in [1.82, 2.24) is 0 Å². The zero-order valence-electron chi connectivity index (χ0n) is 10.9. The third kappa shape index (κ3) is 4.49. The molecular weight excluding hydrogens is 328 g/mol. The third-order valence-electron chi connectivity index (χ3n) is 2.69. The molecule has 0 aromatic heterocycles. The SMILES string of the molecule is Cc1cc(Br)cc(NCc2ccc(OC(F)F)cc2)c1. The maximum absolute atomic E-state index is 12.0. The van der Waals surface area contributed by atoms with Crippen LogP contribution < -0.4 is 10.1 Å². The van der Waals surface area contributed by atoms with Gasteiger partial charge in [0.15, 0.2) is 0 Å². The predicted octanol–water partition coefficient (Wildman–Crippen LogP) is 4.97. The summed E-state index contributed by atoms with van der Waals surface area (Å²) >= 11 is 3.44. The number of hydrogen-bond acceptors (Lipinski definition) is 2. The van der Waals surface area contributed by atoms with Crippen molar-refractivity contribution in [3.05, 3.63) is 58.1 Å². The second kappa shape index (κ2) is 6.70. The minimum Gasteiger partial charge on any atom is -0.435 e. The van der Waals surface area contributed by atoms with Gasteiger partial charge in [-0.1, -0.05) is 28.1 Å². The zero-order chi connectivity index (χ0) is 14.5. The van der Waals surface area contributed by atoms with Gasteiger partial charge in [0, 0.05) is 16.7 Å². The van der Waals surface area contributed by atoms with E-state index in [-0.39, 0.29) is 5.75 Å². The van der Waals surface area contributed by atoms with Crippen LogP contribution in [-0.2, 0) is 6.54 Å². The number of anilines is 1. The van der Waals surface area contributed by atoms with Gasteiger partial charge in [-0.05, 0) is 48.4 Å². The van der Waals surface area contributed by atoms with Gasteiger partial charge in [-0.2, -0.15) is 8.78 Å². The first-order valence-corrected chi connectivity index (χ1v) is 6.87. The van der Waals surface area contributed by atoms with Crippen molar-refractivity contribution in [1.29, 1.82) is 0 Å². The Morgan fingerprint density at radius 2 is 1.85 bits per heavy atom. The molecule has 0 saturated carbocycles. The summed E-state index contributed by atoms with van der Waals surface area (Å²) in [6, 6.07) is 12.7. The molecule has 0 aliphatic rings. The summed E-state index contributed by atoms with van der Waals surface area (Å²) in [6.45, 7) is -0.152. The van der Waals surface area contributed by atoms with Crippen LogP contribution in [0.15, 0.2) is 46.9 Å². The Balaban J connectivity index is 1.96. The number of alkyl halides is 2. The Hall–Kier alpha value is -1.62. The van der Waals surface area contributed by atoms with E-state index >= 15 is 0 Å². The highest BCUT2D eigenvalue weighted by atomic mass is 79.9. The quantitative estimate of drug-likeness (QED) is 0.828. The van der Waals surface area contributed by atoms with E-state index in [1.54, 1.807) is 12.1 Å². The first kappa shape index (κ1) is 14.8. The highest BCUT2D eigenvalue weighted by Crippen LogP contribution is 2.20. The number of nitrogens with one attached hydrogen (secondary N) is 1.